The maximum Gasteiger partial charge on any atom is 0.287 e. The maximum atomic E-state index is 11.8. The van der Waals surface area contributed by atoms with Crippen LogP contribution in [0.2, 0.25) is 5.02 Å². The second kappa shape index (κ2) is 7.27. The molecule has 21 heavy (non-hydrogen) atoms. The van der Waals surface area contributed by atoms with Gasteiger partial charge in [0.25, 0.3) is 5.56 Å². The summed E-state index contributed by atoms with van der Waals surface area (Å²) in [7, 11) is 1.59. The number of aryl methyl sites for hydroxylation is 1. The third kappa shape index (κ3) is 3.77. The van der Waals surface area contributed by atoms with Crippen LogP contribution in [0.1, 0.15) is 39.5 Å². The van der Waals surface area contributed by atoms with Crippen LogP contribution in [-0.4, -0.2) is 28.5 Å². The van der Waals surface area contributed by atoms with Crippen LogP contribution in [0, 0.1) is 5.92 Å². The highest BCUT2D eigenvalue weighted by atomic mass is 35.5. The minimum Gasteiger partial charge on any atom is -0.379 e. The second-order valence-corrected chi connectivity index (χ2v) is 6.03. The highest BCUT2D eigenvalue weighted by Crippen LogP contribution is 2.27. The van der Waals surface area contributed by atoms with E-state index in [0.717, 1.165) is 32.3 Å². The van der Waals surface area contributed by atoms with Crippen molar-refractivity contribution >= 4 is 17.3 Å². The Morgan fingerprint density at radius 3 is 2.90 bits per heavy atom. The van der Waals surface area contributed by atoms with Crippen LogP contribution in [-0.2, 0) is 11.8 Å². The van der Waals surface area contributed by atoms with E-state index in [1.165, 1.54) is 4.68 Å². The molecule has 1 aromatic rings. The van der Waals surface area contributed by atoms with E-state index in [2.05, 4.69) is 24.3 Å². The van der Waals surface area contributed by atoms with Gasteiger partial charge in [0, 0.05) is 19.7 Å². The van der Waals surface area contributed by atoms with Crippen LogP contribution in [0.4, 0.5) is 5.69 Å². The van der Waals surface area contributed by atoms with Crippen molar-refractivity contribution in [1.29, 1.82) is 0 Å². The lowest BCUT2D eigenvalue weighted by molar-refractivity contribution is -0.0271. The SMILES string of the molecule is CCC(CC)C1CC(Nc2cnn(C)c(=O)c2Cl)CCO1. The Morgan fingerprint density at radius 1 is 1.52 bits per heavy atom. The number of ether oxygens (including phenoxy) is 1. The lowest BCUT2D eigenvalue weighted by Gasteiger charge is -2.34. The van der Waals surface area contributed by atoms with Gasteiger partial charge in [0.05, 0.1) is 18.0 Å². The first-order valence-corrected chi connectivity index (χ1v) is 8.04. The minimum atomic E-state index is -0.273. The van der Waals surface area contributed by atoms with Gasteiger partial charge in [-0.1, -0.05) is 38.3 Å². The van der Waals surface area contributed by atoms with Gasteiger partial charge in [0.2, 0.25) is 0 Å². The fourth-order valence-corrected chi connectivity index (χ4v) is 3.16. The van der Waals surface area contributed by atoms with Gasteiger partial charge in [-0.3, -0.25) is 4.79 Å². The summed E-state index contributed by atoms with van der Waals surface area (Å²) in [5.74, 6) is 0.590. The van der Waals surface area contributed by atoms with Gasteiger partial charge in [-0.15, -0.1) is 0 Å². The van der Waals surface area contributed by atoms with E-state index in [-0.39, 0.29) is 22.7 Å². The molecule has 1 saturated heterocycles. The van der Waals surface area contributed by atoms with Crippen molar-refractivity contribution in [3.63, 3.8) is 0 Å². The summed E-state index contributed by atoms with van der Waals surface area (Å²) in [6.07, 6.45) is 6.01. The molecule has 1 aromatic heterocycles. The molecule has 2 atom stereocenters. The Balaban J connectivity index is 2.06. The normalized spacial score (nSPS) is 22.5. The number of nitrogens with one attached hydrogen (secondary N) is 1. The van der Waals surface area contributed by atoms with E-state index in [0.29, 0.717) is 11.6 Å². The van der Waals surface area contributed by atoms with E-state index in [4.69, 9.17) is 16.3 Å². The van der Waals surface area contributed by atoms with Gasteiger partial charge >= 0.3 is 0 Å². The zero-order valence-electron chi connectivity index (χ0n) is 12.9. The van der Waals surface area contributed by atoms with Gasteiger partial charge in [0.15, 0.2) is 0 Å². The highest BCUT2D eigenvalue weighted by molar-refractivity contribution is 6.32. The topological polar surface area (TPSA) is 56.2 Å². The summed E-state index contributed by atoms with van der Waals surface area (Å²) in [6.45, 7) is 5.15. The molecule has 2 rings (SSSR count). The van der Waals surface area contributed by atoms with E-state index in [1.807, 2.05) is 0 Å². The molecule has 0 bridgehead atoms. The smallest absolute Gasteiger partial charge is 0.287 e. The molecule has 0 amide bonds. The highest BCUT2D eigenvalue weighted by Gasteiger charge is 2.28. The zero-order chi connectivity index (χ0) is 15.4. The third-order valence-electron chi connectivity index (χ3n) is 4.33. The van der Waals surface area contributed by atoms with E-state index in [1.54, 1.807) is 13.2 Å². The number of hydrogen-bond acceptors (Lipinski definition) is 4. The molecular formula is C15H24ClN3O2. The number of nitrogens with zero attached hydrogens (tertiary/aromatic N) is 2. The summed E-state index contributed by atoms with van der Waals surface area (Å²) < 4.78 is 7.15. The van der Waals surface area contributed by atoms with Gasteiger partial charge in [-0.05, 0) is 18.8 Å². The van der Waals surface area contributed by atoms with Crippen molar-refractivity contribution in [3.05, 3.63) is 21.6 Å². The predicted molar refractivity (Wildman–Crippen MR) is 84.9 cm³/mol. The predicted octanol–water partition coefficient (Wildman–Crippen LogP) is 2.83. The summed E-state index contributed by atoms with van der Waals surface area (Å²) in [4.78, 5) is 11.8. The van der Waals surface area contributed by atoms with Crippen molar-refractivity contribution in [2.75, 3.05) is 11.9 Å². The average molecular weight is 314 g/mol. The molecule has 118 valence electrons. The molecule has 1 N–H and O–H groups in total. The minimum absolute atomic E-state index is 0.207. The van der Waals surface area contributed by atoms with Crippen LogP contribution in [0.3, 0.4) is 0 Å². The maximum absolute atomic E-state index is 11.8. The van der Waals surface area contributed by atoms with E-state index < -0.39 is 0 Å². The largest absolute Gasteiger partial charge is 0.379 e. The summed E-state index contributed by atoms with van der Waals surface area (Å²) in [6, 6.07) is 0.274. The van der Waals surface area contributed by atoms with Gasteiger partial charge in [-0.2, -0.15) is 5.10 Å². The molecule has 5 nitrogen and oxygen atoms in total. The fraction of sp³-hybridized carbons (Fsp3) is 0.733. The molecule has 0 aliphatic carbocycles. The zero-order valence-corrected chi connectivity index (χ0v) is 13.7. The molecule has 1 aliphatic heterocycles. The first-order chi connectivity index (χ1) is 10.1. The van der Waals surface area contributed by atoms with Gasteiger partial charge in [0.1, 0.15) is 5.02 Å². The number of hydrogen-bond donors (Lipinski definition) is 1. The van der Waals surface area contributed by atoms with E-state index in [9.17, 15) is 4.79 Å². The molecular weight excluding hydrogens is 290 g/mol. The molecule has 0 aromatic carbocycles. The monoisotopic (exact) mass is 313 g/mol. The van der Waals surface area contributed by atoms with Gasteiger partial charge < -0.3 is 10.1 Å². The lowest BCUT2D eigenvalue weighted by atomic mass is 9.89. The van der Waals surface area contributed by atoms with Crippen molar-refractivity contribution in [2.24, 2.45) is 13.0 Å². The van der Waals surface area contributed by atoms with Crippen molar-refractivity contribution in [3.8, 4) is 0 Å². The Bertz CT molecular complexity index is 528. The molecule has 2 unspecified atom stereocenters. The Hall–Kier alpha value is -1.07. The van der Waals surface area contributed by atoms with Gasteiger partial charge in [-0.25, -0.2) is 4.68 Å². The molecule has 0 spiro atoms. The third-order valence-corrected chi connectivity index (χ3v) is 4.69. The molecule has 1 aliphatic rings. The van der Waals surface area contributed by atoms with Crippen LogP contribution in [0.25, 0.3) is 0 Å². The van der Waals surface area contributed by atoms with Crippen molar-refractivity contribution in [1.82, 2.24) is 9.78 Å². The Kier molecular flexibility index (Phi) is 5.65. The van der Waals surface area contributed by atoms with Crippen LogP contribution in [0.5, 0.6) is 0 Å². The first kappa shape index (κ1) is 16.3. The lowest BCUT2D eigenvalue weighted by Crippen LogP contribution is -2.38. The summed E-state index contributed by atoms with van der Waals surface area (Å²) in [5, 5.41) is 7.59. The Labute approximate surface area is 130 Å². The molecule has 0 radical (unpaired) electrons. The average Bonchev–Trinajstić information content (AvgIpc) is 2.50. The standard InChI is InChI=1S/C15H24ClN3O2/c1-4-10(5-2)13-8-11(6-7-21-13)18-12-9-17-19(3)15(20)14(12)16/h9-11,13,18H,4-8H2,1-3H3. The van der Waals surface area contributed by atoms with Crippen LogP contribution >= 0.6 is 11.6 Å². The molecule has 0 saturated carbocycles. The molecule has 1 fully saturated rings. The van der Waals surface area contributed by atoms with Crippen LogP contribution < -0.4 is 10.9 Å². The fourth-order valence-electron chi connectivity index (χ4n) is 2.93. The van der Waals surface area contributed by atoms with E-state index >= 15 is 0 Å². The quantitative estimate of drug-likeness (QED) is 0.908. The van der Waals surface area contributed by atoms with Crippen molar-refractivity contribution < 1.29 is 4.74 Å². The number of aromatic nitrogens is 2. The molecule has 6 heteroatoms. The van der Waals surface area contributed by atoms with Crippen molar-refractivity contribution in [2.45, 2.75) is 51.7 Å². The summed E-state index contributed by atoms with van der Waals surface area (Å²) in [5.41, 5.74) is 0.347. The number of anilines is 1. The number of halogens is 1. The Morgan fingerprint density at radius 2 is 2.24 bits per heavy atom. The molecule has 2 heterocycles. The first-order valence-electron chi connectivity index (χ1n) is 7.66. The number of rotatable bonds is 5. The second-order valence-electron chi connectivity index (χ2n) is 5.65. The summed E-state index contributed by atoms with van der Waals surface area (Å²) >= 11 is 6.10. The van der Waals surface area contributed by atoms with Crippen LogP contribution in [0.15, 0.2) is 11.0 Å².